The molecule has 0 fully saturated rings. The lowest BCUT2D eigenvalue weighted by Gasteiger charge is -2.17. The Hall–Kier alpha value is -3.35. The molecule has 0 saturated carbocycles. The molecule has 142 valence electrons. The third-order valence-corrected chi connectivity index (χ3v) is 3.67. The Bertz CT molecular complexity index is 792. The lowest BCUT2D eigenvalue weighted by atomic mass is 10.0. The molecule has 2 aromatic rings. The van der Waals surface area contributed by atoms with Gasteiger partial charge in [-0.05, 0) is 17.7 Å². The number of hydrogen-bond donors (Lipinski definition) is 2. The van der Waals surface area contributed by atoms with Crippen LogP contribution < -0.4 is 15.4 Å². The molecule has 7 nitrogen and oxygen atoms in total. The fourth-order valence-electron chi connectivity index (χ4n) is 2.45. The van der Waals surface area contributed by atoms with Gasteiger partial charge >= 0.3 is 5.97 Å². The Morgan fingerprint density at radius 2 is 1.78 bits per heavy atom. The standard InChI is InChI=1S/C20H22N2O5/c1-14(23)21-18(15-7-4-3-5-8-15)12-20(25)27-13-19(24)22-16-9-6-10-17(11-16)26-2/h3-11,18H,12-13H2,1-2H3,(H,21,23)(H,22,24)/t18-/m0/s1. The minimum atomic E-state index is -0.585. The second-order valence-electron chi connectivity index (χ2n) is 5.81. The number of ether oxygens (including phenoxy) is 2. The molecule has 0 bridgehead atoms. The van der Waals surface area contributed by atoms with Crippen molar-refractivity contribution in [3.63, 3.8) is 0 Å². The number of anilines is 1. The van der Waals surface area contributed by atoms with Crippen LogP contribution in [0.2, 0.25) is 0 Å². The summed E-state index contributed by atoms with van der Waals surface area (Å²) in [5.74, 6) is -0.705. The average Bonchev–Trinajstić information content (AvgIpc) is 2.66. The smallest absolute Gasteiger partial charge is 0.308 e. The highest BCUT2D eigenvalue weighted by Crippen LogP contribution is 2.18. The molecule has 0 aromatic heterocycles. The maximum absolute atomic E-state index is 12.1. The molecule has 0 aliphatic heterocycles. The molecule has 0 saturated heterocycles. The molecule has 1 atom stereocenters. The Balaban J connectivity index is 1.87. The van der Waals surface area contributed by atoms with Gasteiger partial charge in [-0.25, -0.2) is 0 Å². The summed E-state index contributed by atoms with van der Waals surface area (Å²) >= 11 is 0. The number of carbonyl (C=O) groups excluding carboxylic acids is 3. The highest BCUT2D eigenvalue weighted by Gasteiger charge is 2.18. The molecule has 0 heterocycles. The van der Waals surface area contributed by atoms with Gasteiger partial charge in [0.25, 0.3) is 5.91 Å². The monoisotopic (exact) mass is 370 g/mol. The van der Waals surface area contributed by atoms with Crippen LogP contribution in [0.15, 0.2) is 54.6 Å². The van der Waals surface area contributed by atoms with Crippen LogP contribution in [-0.4, -0.2) is 31.5 Å². The summed E-state index contributed by atoms with van der Waals surface area (Å²) < 4.78 is 10.1. The lowest BCUT2D eigenvalue weighted by molar-refractivity contribution is -0.148. The first-order chi connectivity index (χ1) is 13.0. The fourth-order valence-corrected chi connectivity index (χ4v) is 2.45. The molecular weight excluding hydrogens is 348 g/mol. The lowest BCUT2D eigenvalue weighted by Crippen LogP contribution is -2.29. The van der Waals surface area contributed by atoms with Crippen LogP contribution in [0.25, 0.3) is 0 Å². The van der Waals surface area contributed by atoms with Crippen molar-refractivity contribution in [3.05, 3.63) is 60.2 Å². The molecule has 2 aromatic carbocycles. The summed E-state index contributed by atoms with van der Waals surface area (Å²) in [6.45, 7) is 0.959. The highest BCUT2D eigenvalue weighted by molar-refractivity contribution is 5.93. The normalized spacial score (nSPS) is 11.2. The Labute approximate surface area is 157 Å². The summed E-state index contributed by atoms with van der Waals surface area (Å²) in [7, 11) is 1.53. The number of carbonyl (C=O) groups is 3. The minimum Gasteiger partial charge on any atom is -0.497 e. The van der Waals surface area contributed by atoms with Crippen LogP contribution in [0.3, 0.4) is 0 Å². The van der Waals surface area contributed by atoms with Gasteiger partial charge in [-0.2, -0.15) is 0 Å². The highest BCUT2D eigenvalue weighted by atomic mass is 16.5. The van der Waals surface area contributed by atoms with Gasteiger partial charge in [-0.15, -0.1) is 0 Å². The van der Waals surface area contributed by atoms with E-state index in [0.717, 1.165) is 5.56 Å². The average molecular weight is 370 g/mol. The van der Waals surface area contributed by atoms with Crippen LogP contribution in [-0.2, 0) is 19.1 Å². The van der Waals surface area contributed by atoms with Crippen molar-refractivity contribution in [1.82, 2.24) is 5.32 Å². The second kappa shape index (κ2) is 9.96. The van der Waals surface area contributed by atoms with Gasteiger partial charge in [0, 0.05) is 18.7 Å². The van der Waals surface area contributed by atoms with Gasteiger partial charge in [0.1, 0.15) is 5.75 Å². The largest absolute Gasteiger partial charge is 0.497 e. The van der Waals surface area contributed by atoms with Gasteiger partial charge in [0.2, 0.25) is 5.91 Å². The number of rotatable bonds is 8. The first-order valence-electron chi connectivity index (χ1n) is 8.39. The van der Waals surface area contributed by atoms with Gasteiger partial charge in [-0.3, -0.25) is 14.4 Å². The number of methoxy groups -OCH3 is 1. The van der Waals surface area contributed by atoms with E-state index in [1.165, 1.54) is 14.0 Å². The second-order valence-corrected chi connectivity index (χ2v) is 5.81. The van der Waals surface area contributed by atoms with Gasteiger partial charge < -0.3 is 20.1 Å². The summed E-state index contributed by atoms with van der Waals surface area (Å²) in [5.41, 5.74) is 1.32. The van der Waals surface area contributed by atoms with E-state index in [-0.39, 0.29) is 12.3 Å². The van der Waals surface area contributed by atoms with E-state index < -0.39 is 24.5 Å². The Morgan fingerprint density at radius 1 is 1.04 bits per heavy atom. The van der Waals surface area contributed by atoms with Crippen molar-refractivity contribution in [2.75, 3.05) is 19.0 Å². The number of esters is 1. The molecule has 2 N–H and O–H groups in total. The Morgan fingerprint density at radius 3 is 2.44 bits per heavy atom. The predicted molar refractivity (Wildman–Crippen MR) is 100 cm³/mol. The van der Waals surface area contributed by atoms with E-state index in [1.807, 2.05) is 30.3 Å². The number of nitrogens with one attached hydrogen (secondary N) is 2. The van der Waals surface area contributed by atoms with Crippen molar-refractivity contribution >= 4 is 23.5 Å². The zero-order valence-electron chi connectivity index (χ0n) is 15.2. The summed E-state index contributed by atoms with van der Waals surface area (Å²) in [6.07, 6.45) is -0.0734. The molecule has 0 radical (unpaired) electrons. The predicted octanol–water partition coefficient (Wildman–Crippen LogP) is 2.44. The molecule has 27 heavy (non-hydrogen) atoms. The van der Waals surface area contributed by atoms with E-state index in [2.05, 4.69) is 10.6 Å². The fraction of sp³-hybridized carbons (Fsp3) is 0.250. The van der Waals surface area contributed by atoms with E-state index >= 15 is 0 Å². The maximum Gasteiger partial charge on any atom is 0.308 e. The topological polar surface area (TPSA) is 93.7 Å². The summed E-state index contributed by atoms with van der Waals surface area (Å²) in [5, 5.41) is 5.34. The number of amides is 2. The van der Waals surface area contributed by atoms with Crippen molar-refractivity contribution in [2.24, 2.45) is 0 Å². The summed E-state index contributed by atoms with van der Waals surface area (Å²) in [6, 6.07) is 15.4. The SMILES string of the molecule is COc1cccc(NC(=O)COC(=O)C[C@H](NC(C)=O)c2ccccc2)c1. The zero-order valence-corrected chi connectivity index (χ0v) is 15.2. The van der Waals surface area contributed by atoms with Crippen LogP contribution in [0.4, 0.5) is 5.69 Å². The van der Waals surface area contributed by atoms with E-state index in [4.69, 9.17) is 9.47 Å². The van der Waals surface area contributed by atoms with Crippen molar-refractivity contribution < 1.29 is 23.9 Å². The molecule has 7 heteroatoms. The summed E-state index contributed by atoms with van der Waals surface area (Å²) in [4.78, 5) is 35.4. The van der Waals surface area contributed by atoms with Gasteiger partial charge in [-0.1, -0.05) is 36.4 Å². The minimum absolute atomic E-state index is 0.0734. The van der Waals surface area contributed by atoms with Crippen LogP contribution >= 0.6 is 0 Å². The first-order valence-corrected chi connectivity index (χ1v) is 8.39. The van der Waals surface area contributed by atoms with Crippen molar-refractivity contribution in [1.29, 1.82) is 0 Å². The van der Waals surface area contributed by atoms with Gasteiger partial charge in [0.05, 0.1) is 19.6 Å². The van der Waals surface area contributed by atoms with Crippen molar-refractivity contribution in [3.8, 4) is 5.75 Å². The zero-order chi connectivity index (χ0) is 19.6. The van der Waals surface area contributed by atoms with Crippen LogP contribution in [0, 0.1) is 0 Å². The molecule has 2 rings (SSSR count). The van der Waals surface area contributed by atoms with E-state index in [1.54, 1.807) is 24.3 Å². The van der Waals surface area contributed by atoms with Crippen LogP contribution in [0.5, 0.6) is 5.75 Å². The number of hydrogen-bond acceptors (Lipinski definition) is 5. The third kappa shape index (κ3) is 6.81. The van der Waals surface area contributed by atoms with Gasteiger partial charge in [0.15, 0.2) is 6.61 Å². The first kappa shape index (κ1) is 20.0. The Kier molecular flexibility index (Phi) is 7.37. The van der Waals surface area contributed by atoms with E-state index in [9.17, 15) is 14.4 Å². The molecule has 0 aliphatic rings. The molecule has 0 aliphatic carbocycles. The van der Waals surface area contributed by atoms with Crippen LogP contribution in [0.1, 0.15) is 24.9 Å². The number of benzene rings is 2. The third-order valence-electron chi connectivity index (χ3n) is 3.67. The van der Waals surface area contributed by atoms with E-state index in [0.29, 0.717) is 11.4 Å². The molecule has 0 unspecified atom stereocenters. The molecule has 0 spiro atoms. The van der Waals surface area contributed by atoms with Crippen molar-refractivity contribution in [2.45, 2.75) is 19.4 Å². The molecular formula is C20H22N2O5. The molecule has 2 amide bonds. The maximum atomic E-state index is 12.1. The quantitative estimate of drug-likeness (QED) is 0.696.